The van der Waals surface area contributed by atoms with Crippen molar-refractivity contribution in [2.45, 2.75) is 6.42 Å². The van der Waals surface area contributed by atoms with E-state index in [4.69, 9.17) is 16.9 Å². The van der Waals surface area contributed by atoms with Gasteiger partial charge in [-0.3, -0.25) is 10.1 Å². The standard InChI is InChI=1S/C13H10ClN5O2/c14-13-16-9-11(19(20)21)12(17-13)18(8-4-7-15)10-5-2-1-3-6-10/h1-3,5-6,9H,4,8H2. The minimum atomic E-state index is -0.575. The van der Waals surface area contributed by atoms with Crippen LogP contribution in [0.4, 0.5) is 17.2 Å². The van der Waals surface area contributed by atoms with Crippen LogP contribution in [0.15, 0.2) is 36.5 Å². The average Bonchev–Trinajstić information content (AvgIpc) is 2.48. The number of halogens is 1. The Hall–Kier alpha value is -2.72. The summed E-state index contributed by atoms with van der Waals surface area (Å²) in [6.07, 6.45) is 1.25. The number of nitro groups is 1. The Kier molecular flexibility index (Phi) is 4.64. The summed E-state index contributed by atoms with van der Waals surface area (Å²) < 4.78 is 0. The van der Waals surface area contributed by atoms with Gasteiger partial charge in [-0.1, -0.05) is 18.2 Å². The van der Waals surface area contributed by atoms with Crippen molar-refractivity contribution in [3.63, 3.8) is 0 Å². The van der Waals surface area contributed by atoms with Crippen LogP contribution in [0.1, 0.15) is 6.42 Å². The molecule has 0 unspecified atom stereocenters. The monoisotopic (exact) mass is 303 g/mol. The number of aromatic nitrogens is 2. The van der Waals surface area contributed by atoms with Gasteiger partial charge in [0.2, 0.25) is 11.1 Å². The molecule has 0 amide bonds. The molecule has 1 aromatic carbocycles. The normalized spacial score (nSPS) is 9.90. The molecule has 0 saturated carbocycles. The van der Waals surface area contributed by atoms with Crippen LogP contribution in [0.5, 0.6) is 0 Å². The van der Waals surface area contributed by atoms with Crippen LogP contribution in [0, 0.1) is 21.4 Å². The number of hydrogen-bond donors (Lipinski definition) is 0. The topological polar surface area (TPSA) is 96.0 Å². The van der Waals surface area contributed by atoms with Crippen molar-refractivity contribution < 1.29 is 4.92 Å². The highest BCUT2D eigenvalue weighted by molar-refractivity contribution is 6.28. The molecule has 0 aliphatic carbocycles. The second kappa shape index (κ2) is 6.63. The Morgan fingerprint density at radius 2 is 2.10 bits per heavy atom. The van der Waals surface area contributed by atoms with E-state index in [-0.39, 0.29) is 29.8 Å². The fraction of sp³-hybridized carbons (Fsp3) is 0.154. The molecule has 0 spiro atoms. The van der Waals surface area contributed by atoms with Crippen LogP contribution in [0.3, 0.4) is 0 Å². The Morgan fingerprint density at radius 1 is 1.38 bits per heavy atom. The van der Waals surface area contributed by atoms with Crippen molar-refractivity contribution in [3.8, 4) is 6.07 Å². The minimum Gasteiger partial charge on any atom is -0.319 e. The lowest BCUT2D eigenvalue weighted by Gasteiger charge is -2.22. The van der Waals surface area contributed by atoms with E-state index in [0.29, 0.717) is 5.69 Å². The number of anilines is 2. The first kappa shape index (κ1) is 14.7. The number of rotatable bonds is 5. The smallest absolute Gasteiger partial charge is 0.319 e. The van der Waals surface area contributed by atoms with Gasteiger partial charge in [0.15, 0.2) is 0 Å². The summed E-state index contributed by atoms with van der Waals surface area (Å²) in [7, 11) is 0. The van der Waals surface area contributed by atoms with Crippen molar-refractivity contribution >= 4 is 28.8 Å². The zero-order valence-electron chi connectivity index (χ0n) is 10.8. The van der Waals surface area contributed by atoms with Gasteiger partial charge >= 0.3 is 5.69 Å². The number of para-hydroxylation sites is 1. The van der Waals surface area contributed by atoms with Gasteiger partial charge in [-0.25, -0.2) is 4.98 Å². The van der Waals surface area contributed by atoms with Crippen molar-refractivity contribution in [2.24, 2.45) is 0 Å². The predicted octanol–water partition coefficient (Wildman–Crippen LogP) is 3.09. The van der Waals surface area contributed by atoms with Crippen molar-refractivity contribution in [1.82, 2.24) is 9.97 Å². The molecule has 0 aliphatic rings. The average molecular weight is 304 g/mol. The minimum absolute atomic E-state index is 0.0708. The number of benzene rings is 1. The molecule has 2 aromatic rings. The van der Waals surface area contributed by atoms with Crippen molar-refractivity contribution in [2.75, 3.05) is 11.4 Å². The van der Waals surface area contributed by atoms with Crippen LogP contribution >= 0.6 is 11.6 Å². The van der Waals surface area contributed by atoms with Crippen LogP contribution in [-0.2, 0) is 0 Å². The molecule has 21 heavy (non-hydrogen) atoms. The zero-order valence-corrected chi connectivity index (χ0v) is 11.6. The van der Waals surface area contributed by atoms with Crippen molar-refractivity contribution in [1.29, 1.82) is 5.26 Å². The summed E-state index contributed by atoms with van der Waals surface area (Å²) in [5.74, 6) is 0.0708. The molecule has 106 valence electrons. The fourth-order valence-electron chi connectivity index (χ4n) is 1.80. The van der Waals surface area contributed by atoms with Crippen molar-refractivity contribution in [3.05, 3.63) is 51.9 Å². The molecule has 0 aliphatic heterocycles. The highest BCUT2D eigenvalue weighted by Gasteiger charge is 2.23. The Morgan fingerprint density at radius 3 is 2.71 bits per heavy atom. The van der Waals surface area contributed by atoms with E-state index in [1.807, 2.05) is 12.1 Å². The van der Waals surface area contributed by atoms with E-state index in [1.165, 1.54) is 0 Å². The molecule has 7 nitrogen and oxygen atoms in total. The van der Waals surface area contributed by atoms with E-state index < -0.39 is 4.92 Å². The lowest BCUT2D eigenvalue weighted by atomic mass is 10.2. The summed E-state index contributed by atoms with van der Waals surface area (Å²) in [6.45, 7) is 0.259. The fourth-order valence-corrected chi connectivity index (χ4v) is 1.93. The molecule has 1 aromatic heterocycles. The van der Waals surface area contributed by atoms with E-state index in [1.54, 1.807) is 29.2 Å². The van der Waals surface area contributed by atoms with E-state index in [0.717, 1.165) is 6.20 Å². The second-order valence-corrected chi connectivity index (χ2v) is 4.34. The summed E-state index contributed by atoms with van der Waals surface area (Å²) in [4.78, 5) is 19.7. The van der Waals surface area contributed by atoms with Gasteiger partial charge in [-0.15, -0.1) is 0 Å². The molecule has 0 radical (unpaired) electrons. The maximum atomic E-state index is 11.1. The first-order chi connectivity index (χ1) is 10.1. The van der Waals surface area contributed by atoms with Gasteiger partial charge in [-0.05, 0) is 23.7 Å². The molecule has 1 heterocycles. The first-order valence-corrected chi connectivity index (χ1v) is 6.37. The molecule has 0 bridgehead atoms. The zero-order chi connectivity index (χ0) is 15.2. The summed E-state index contributed by atoms with van der Waals surface area (Å²) >= 11 is 5.75. The number of hydrogen-bond acceptors (Lipinski definition) is 6. The first-order valence-electron chi connectivity index (χ1n) is 6.00. The summed E-state index contributed by atoms with van der Waals surface area (Å²) in [6, 6.07) is 11.0. The van der Waals surface area contributed by atoms with Crippen LogP contribution in [0.2, 0.25) is 5.28 Å². The lowest BCUT2D eigenvalue weighted by Crippen LogP contribution is -2.21. The van der Waals surface area contributed by atoms with E-state index in [9.17, 15) is 10.1 Å². The van der Waals surface area contributed by atoms with E-state index in [2.05, 4.69) is 9.97 Å². The van der Waals surface area contributed by atoms with Gasteiger partial charge in [-0.2, -0.15) is 10.2 Å². The van der Waals surface area contributed by atoms with Gasteiger partial charge < -0.3 is 4.90 Å². The van der Waals surface area contributed by atoms with Gasteiger partial charge in [0.25, 0.3) is 0 Å². The Balaban J connectivity index is 2.53. The highest BCUT2D eigenvalue weighted by atomic mass is 35.5. The number of nitriles is 1. The van der Waals surface area contributed by atoms with Crippen LogP contribution in [-0.4, -0.2) is 21.4 Å². The Labute approximate surface area is 125 Å². The molecule has 0 N–H and O–H groups in total. The molecule has 0 fully saturated rings. The summed E-state index contributed by atoms with van der Waals surface area (Å²) in [5, 5.41) is 19.8. The molecular formula is C13H10ClN5O2. The third-order valence-corrected chi connectivity index (χ3v) is 2.87. The van der Waals surface area contributed by atoms with Crippen LogP contribution in [0.25, 0.3) is 0 Å². The largest absolute Gasteiger partial charge is 0.330 e. The lowest BCUT2D eigenvalue weighted by molar-refractivity contribution is -0.384. The van der Waals surface area contributed by atoms with Gasteiger partial charge in [0, 0.05) is 12.2 Å². The predicted molar refractivity (Wildman–Crippen MR) is 77.4 cm³/mol. The second-order valence-electron chi connectivity index (χ2n) is 4.00. The molecule has 2 rings (SSSR count). The maximum Gasteiger partial charge on any atom is 0.330 e. The molecule has 8 heteroatoms. The SMILES string of the molecule is N#CCCN(c1ccccc1)c1nc(Cl)ncc1[N+](=O)[O-]. The molecular weight excluding hydrogens is 294 g/mol. The number of nitrogens with zero attached hydrogens (tertiary/aromatic N) is 5. The Bertz CT molecular complexity index is 687. The van der Waals surface area contributed by atoms with Gasteiger partial charge in [0.05, 0.1) is 17.4 Å². The maximum absolute atomic E-state index is 11.1. The highest BCUT2D eigenvalue weighted by Crippen LogP contribution is 2.31. The quantitative estimate of drug-likeness (QED) is 0.478. The molecule has 0 saturated heterocycles. The molecule has 0 atom stereocenters. The van der Waals surface area contributed by atoms with Gasteiger partial charge in [0.1, 0.15) is 6.20 Å². The summed E-state index contributed by atoms with van der Waals surface area (Å²) in [5.41, 5.74) is 0.423. The third-order valence-electron chi connectivity index (χ3n) is 2.69. The van der Waals surface area contributed by atoms with Crippen LogP contribution < -0.4 is 4.90 Å². The third kappa shape index (κ3) is 3.43. The van der Waals surface area contributed by atoms with E-state index >= 15 is 0 Å².